The number of ether oxygens (including phenoxy) is 1. The molecule has 3 N–H and O–H groups in total. The van der Waals surface area contributed by atoms with Crippen molar-refractivity contribution in [2.75, 3.05) is 24.2 Å². The van der Waals surface area contributed by atoms with Gasteiger partial charge in [-0.15, -0.1) is 0 Å². The fourth-order valence-electron chi connectivity index (χ4n) is 1.95. The Balaban J connectivity index is 2.52. The Kier molecular flexibility index (Phi) is 6.91. The summed E-state index contributed by atoms with van der Waals surface area (Å²) in [5.41, 5.74) is 7.91. The third-order valence-electron chi connectivity index (χ3n) is 3.09. The second kappa shape index (κ2) is 8.46. The van der Waals surface area contributed by atoms with E-state index < -0.39 is 0 Å². The number of nitrogen functional groups attached to an aromatic ring is 1. The summed E-state index contributed by atoms with van der Waals surface area (Å²) in [6.45, 7) is 7.50. The summed E-state index contributed by atoms with van der Waals surface area (Å²) >= 11 is 0. The molecule has 0 aliphatic carbocycles. The van der Waals surface area contributed by atoms with Crippen molar-refractivity contribution in [1.29, 1.82) is 0 Å². The quantitative estimate of drug-likeness (QED) is 0.432. The van der Waals surface area contributed by atoms with E-state index >= 15 is 0 Å². The minimum Gasteiger partial charge on any atom is -0.462 e. The fourth-order valence-corrected chi connectivity index (χ4v) is 1.95. The van der Waals surface area contributed by atoms with Crippen molar-refractivity contribution in [2.24, 2.45) is 5.92 Å². The van der Waals surface area contributed by atoms with E-state index in [-0.39, 0.29) is 5.97 Å². The largest absolute Gasteiger partial charge is 0.462 e. The highest BCUT2D eigenvalue weighted by Gasteiger charge is 2.08. The monoisotopic (exact) mass is 278 g/mol. The smallest absolute Gasteiger partial charge is 0.338 e. The van der Waals surface area contributed by atoms with Gasteiger partial charge in [0.1, 0.15) is 0 Å². The van der Waals surface area contributed by atoms with Crippen LogP contribution in [-0.4, -0.2) is 19.1 Å². The molecule has 20 heavy (non-hydrogen) atoms. The number of rotatable bonds is 8. The predicted molar refractivity (Wildman–Crippen MR) is 84.0 cm³/mol. The van der Waals surface area contributed by atoms with Gasteiger partial charge in [-0.3, -0.25) is 0 Å². The number of carbonyl (C=O) groups excluding carboxylic acids is 1. The molecular formula is C16H26N2O2. The second-order valence-corrected chi connectivity index (χ2v) is 5.34. The number of unbranched alkanes of at least 4 members (excludes halogenated alkanes) is 1. The minimum absolute atomic E-state index is 0.310. The first-order chi connectivity index (χ1) is 9.54. The van der Waals surface area contributed by atoms with Crippen LogP contribution in [0.15, 0.2) is 18.2 Å². The molecule has 0 heterocycles. The molecule has 1 aromatic carbocycles. The molecule has 1 rings (SSSR count). The zero-order valence-electron chi connectivity index (χ0n) is 12.7. The molecule has 0 saturated heterocycles. The van der Waals surface area contributed by atoms with Crippen LogP contribution in [0.3, 0.4) is 0 Å². The summed E-state index contributed by atoms with van der Waals surface area (Å²) in [7, 11) is 0. The molecule has 0 saturated carbocycles. The topological polar surface area (TPSA) is 64.3 Å². The number of hydrogen-bond acceptors (Lipinski definition) is 4. The number of benzene rings is 1. The van der Waals surface area contributed by atoms with Gasteiger partial charge in [0.15, 0.2) is 0 Å². The SMILES string of the molecule is CCOC(=O)c1ccc(N)c(NCCCCC(C)C)c1. The summed E-state index contributed by atoms with van der Waals surface area (Å²) in [6, 6.07) is 5.19. The summed E-state index contributed by atoms with van der Waals surface area (Å²) in [6.07, 6.45) is 3.53. The predicted octanol–water partition coefficient (Wildman–Crippen LogP) is 3.68. The van der Waals surface area contributed by atoms with Gasteiger partial charge in [0.05, 0.1) is 23.5 Å². The second-order valence-electron chi connectivity index (χ2n) is 5.34. The molecular weight excluding hydrogens is 252 g/mol. The maximum absolute atomic E-state index is 11.7. The Morgan fingerprint density at radius 2 is 2.10 bits per heavy atom. The van der Waals surface area contributed by atoms with Crippen LogP contribution in [0.4, 0.5) is 11.4 Å². The Bertz CT molecular complexity index is 430. The van der Waals surface area contributed by atoms with Gasteiger partial charge < -0.3 is 15.8 Å². The number of hydrogen-bond donors (Lipinski definition) is 2. The Labute approximate surface area is 121 Å². The molecule has 0 spiro atoms. The third-order valence-corrected chi connectivity index (χ3v) is 3.09. The van der Waals surface area contributed by atoms with Crippen molar-refractivity contribution >= 4 is 17.3 Å². The van der Waals surface area contributed by atoms with Crippen molar-refractivity contribution in [1.82, 2.24) is 0 Å². The average Bonchev–Trinajstić information content (AvgIpc) is 2.40. The molecule has 0 unspecified atom stereocenters. The van der Waals surface area contributed by atoms with E-state index in [4.69, 9.17) is 10.5 Å². The van der Waals surface area contributed by atoms with Crippen LogP contribution in [0.25, 0.3) is 0 Å². The summed E-state index contributed by atoms with van der Waals surface area (Å²) in [5, 5.41) is 3.29. The number of nitrogens with two attached hydrogens (primary N) is 1. The van der Waals surface area contributed by atoms with E-state index in [1.54, 1.807) is 25.1 Å². The zero-order valence-corrected chi connectivity index (χ0v) is 12.7. The van der Waals surface area contributed by atoms with Gasteiger partial charge in [0.2, 0.25) is 0 Å². The molecule has 0 aromatic heterocycles. The van der Waals surface area contributed by atoms with Crippen molar-refractivity contribution in [3.63, 3.8) is 0 Å². The van der Waals surface area contributed by atoms with Crippen molar-refractivity contribution in [3.8, 4) is 0 Å². The van der Waals surface area contributed by atoms with Gasteiger partial charge in [-0.25, -0.2) is 4.79 Å². The molecule has 112 valence electrons. The molecule has 4 nitrogen and oxygen atoms in total. The Hall–Kier alpha value is -1.71. The first-order valence-corrected chi connectivity index (χ1v) is 7.35. The lowest BCUT2D eigenvalue weighted by molar-refractivity contribution is 0.0526. The maximum atomic E-state index is 11.7. The summed E-state index contributed by atoms with van der Waals surface area (Å²) < 4.78 is 4.98. The van der Waals surface area contributed by atoms with E-state index in [0.29, 0.717) is 17.9 Å². The first kappa shape index (κ1) is 16.3. The van der Waals surface area contributed by atoms with E-state index in [2.05, 4.69) is 19.2 Å². The summed E-state index contributed by atoms with van der Waals surface area (Å²) in [4.78, 5) is 11.7. The van der Waals surface area contributed by atoms with Crippen molar-refractivity contribution < 1.29 is 9.53 Å². The zero-order chi connectivity index (χ0) is 15.0. The van der Waals surface area contributed by atoms with E-state index in [0.717, 1.165) is 24.6 Å². The lowest BCUT2D eigenvalue weighted by atomic mass is 10.1. The van der Waals surface area contributed by atoms with Crippen molar-refractivity contribution in [3.05, 3.63) is 23.8 Å². The average molecular weight is 278 g/mol. The number of anilines is 2. The summed E-state index contributed by atoms with van der Waals surface area (Å²) in [5.74, 6) is 0.433. The molecule has 1 aromatic rings. The van der Waals surface area contributed by atoms with Crippen LogP contribution in [0, 0.1) is 5.92 Å². The number of esters is 1. The Morgan fingerprint density at radius 1 is 1.35 bits per heavy atom. The molecule has 4 heteroatoms. The fraction of sp³-hybridized carbons (Fsp3) is 0.562. The van der Waals surface area contributed by atoms with Crippen LogP contribution >= 0.6 is 0 Å². The van der Waals surface area contributed by atoms with Gasteiger partial charge in [0.25, 0.3) is 0 Å². The van der Waals surface area contributed by atoms with Gasteiger partial charge in [-0.05, 0) is 37.5 Å². The van der Waals surface area contributed by atoms with Crippen LogP contribution in [0.1, 0.15) is 50.4 Å². The van der Waals surface area contributed by atoms with Gasteiger partial charge >= 0.3 is 5.97 Å². The van der Waals surface area contributed by atoms with E-state index in [9.17, 15) is 4.79 Å². The van der Waals surface area contributed by atoms with Gasteiger partial charge in [-0.2, -0.15) is 0 Å². The molecule has 0 radical (unpaired) electrons. The standard InChI is InChI=1S/C16H26N2O2/c1-4-20-16(19)13-8-9-14(17)15(11-13)18-10-6-5-7-12(2)3/h8-9,11-12,18H,4-7,10,17H2,1-3H3. The maximum Gasteiger partial charge on any atom is 0.338 e. The van der Waals surface area contributed by atoms with Crippen LogP contribution in [-0.2, 0) is 4.74 Å². The molecule has 0 amide bonds. The minimum atomic E-state index is -0.310. The van der Waals surface area contributed by atoms with Gasteiger partial charge in [0, 0.05) is 6.54 Å². The molecule has 0 bridgehead atoms. The highest BCUT2D eigenvalue weighted by Crippen LogP contribution is 2.21. The molecule has 0 aliphatic rings. The number of nitrogens with one attached hydrogen (secondary N) is 1. The highest BCUT2D eigenvalue weighted by atomic mass is 16.5. The van der Waals surface area contributed by atoms with Crippen LogP contribution in [0.5, 0.6) is 0 Å². The Morgan fingerprint density at radius 3 is 2.75 bits per heavy atom. The van der Waals surface area contributed by atoms with Crippen LogP contribution < -0.4 is 11.1 Å². The lowest BCUT2D eigenvalue weighted by Gasteiger charge is -2.11. The third kappa shape index (κ3) is 5.51. The van der Waals surface area contributed by atoms with E-state index in [1.165, 1.54) is 12.8 Å². The van der Waals surface area contributed by atoms with Crippen molar-refractivity contribution in [2.45, 2.75) is 40.0 Å². The molecule has 0 aliphatic heterocycles. The first-order valence-electron chi connectivity index (χ1n) is 7.35. The highest BCUT2D eigenvalue weighted by molar-refractivity contribution is 5.92. The van der Waals surface area contributed by atoms with Crippen LogP contribution in [0.2, 0.25) is 0 Å². The normalized spacial score (nSPS) is 10.6. The van der Waals surface area contributed by atoms with Gasteiger partial charge in [-0.1, -0.05) is 26.7 Å². The van der Waals surface area contributed by atoms with E-state index in [1.807, 2.05) is 0 Å². The molecule has 0 fully saturated rings. The lowest BCUT2D eigenvalue weighted by Crippen LogP contribution is -2.08. The molecule has 0 atom stereocenters. The number of carbonyl (C=O) groups is 1.